The molecule has 0 aromatic heterocycles. The number of carbonyl (C=O) groups excluding carboxylic acids is 3. The molecule has 5 unspecified atom stereocenters. The van der Waals surface area contributed by atoms with Gasteiger partial charge in [0.05, 0.1) is 32.2 Å². The quantitative estimate of drug-likeness (QED) is 0.219. The number of carbonyl (C=O) groups is 3. The van der Waals surface area contributed by atoms with Crippen molar-refractivity contribution >= 4 is 28.0 Å². The summed E-state index contributed by atoms with van der Waals surface area (Å²) in [5, 5.41) is -2.28. The number of rotatable bonds is 15. The van der Waals surface area contributed by atoms with Gasteiger partial charge in [0.15, 0.2) is 5.25 Å². The lowest BCUT2D eigenvalue weighted by Gasteiger charge is -2.23. The molecule has 31 heavy (non-hydrogen) atoms. The summed E-state index contributed by atoms with van der Waals surface area (Å²) in [5.41, 5.74) is 0. The average Bonchev–Trinajstić information content (AvgIpc) is 2.71. The van der Waals surface area contributed by atoms with Gasteiger partial charge in [-0.05, 0) is 17.8 Å². The van der Waals surface area contributed by atoms with E-state index in [1.807, 2.05) is 34.6 Å². The third kappa shape index (κ3) is 11.5. The SMILES string of the molecule is CCC(C)COC(=O)CC(C(=O)OCC(C)CC)C(C(=O)OCC(C)CC)S(=O)(=O)O. The maximum absolute atomic E-state index is 12.7. The standard InChI is InChI=1S/C21H38O9S/c1-7-14(4)11-28-18(22)10-17(20(23)29-12-15(5)8-2)19(31(25,26)27)21(24)30-13-16(6)9-3/h14-17,19H,7-13H2,1-6H3,(H,25,26,27). The summed E-state index contributed by atoms with van der Waals surface area (Å²) in [6.07, 6.45) is 1.39. The highest BCUT2D eigenvalue weighted by molar-refractivity contribution is 7.87. The Balaban J connectivity index is 5.69. The van der Waals surface area contributed by atoms with Crippen LogP contribution in [0, 0.1) is 23.7 Å². The Morgan fingerprint density at radius 2 is 1.13 bits per heavy atom. The van der Waals surface area contributed by atoms with Crippen LogP contribution in [0.3, 0.4) is 0 Å². The van der Waals surface area contributed by atoms with Gasteiger partial charge in [-0.15, -0.1) is 0 Å². The molecule has 0 radical (unpaired) electrons. The highest BCUT2D eigenvalue weighted by Crippen LogP contribution is 2.22. The van der Waals surface area contributed by atoms with E-state index in [1.165, 1.54) is 0 Å². The minimum atomic E-state index is -5.07. The van der Waals surface area contributed by atoms with Crippen molar-refractivity contribution in [2.24, 2.45) is 23.7 Å². The van der Waals surface area contributed by atoms with Crippen molar-refractivity contribution in [3.8, 4) is 0 Å². The second-order valence-electron chi connectivity index (χ2n) is 8.23. The van der Waals surface area contributed by atoms with E-state index in [0.29, 0.717) is 12.8 Å². The second kappa shape index (κ2) is 14.4. The second-order valence-corrected chi connectivity index (χ2v) is 9.77. The zero-order valence-corrected chi connectivity index (χ0v) is 20.3. The molecule has 0 rings (SSSR count). The van der Waals surface area contributed by atoms with Crippen LogP contribution in [0.2, 0.25) is 0 Å². The van der Waals surface area contributed by atoms with Gasteiger partial charge in [0.2, 0.25) is 0 Å². The van der Waals surface area contributed by atoms with Crippen molar-refractivity contribution in [2.75, 3.05) is 19.8 Å². The van der Waals surface area contributed by atoms with E-state index in [0.717, 1.165) is 6.42 Å². The predicted octanol–water partition coefficient (Wildman–Crippen LogP) is 3.02. The van der Waals surface area contributed by atoms with Crippen LogP contribution in [0.1, 0.15) is 67.2 Å². The van der Waals surface area contributed by atoms with Crippen LogP contribution in [0.5, 0.6) is 0 Å². The summed E-state index contributed by atoms with van der Waals surface area (Å²) in [7, 11) is -5.07. The number of ether oxygens (including phenoxy) is 3. The van der Waals surface area contributed by atoms with Crippen LogP contribution >= 0.6 is 0 Å². The summed E-state index contributed by atoms with van der Waals surface area (Å²) < 4.78 is 49.0. The Morgan fingerprint density at radius 3 is 1.52 bits per heavy atom. The van der Waals surface area contributed by atoms with Crippen LogP contribution in [-0.2, 0) is 38.7 Å². The first-order valence-corrected chi connectivity index (χ1v) is 12.3. The average molecular weight is 467 g/mol. The Labute approximate surface area is 185 Å². The Bertz CT molecular complexity index is 674. The van der Waals surface area contributed by atoms with Gasteiger partial charge < -0.3 is 14.2 Å². The van der Waals surface area contributed by atoms with Crippen molar-refractivity contribution in [1.82, 2.24) is 0 Å². The maximum atomic E-state index is 12.7. The first-order valence-electron chi connectivity index (χ1n) is 10.8. The molecule has 0 heterocycles. The van der Waals surface area contributed by atoms with E-state index in [-0.39, 0.29) is 37.6 Å². The molecule has 0 bridgehead atoms. The Kier molecular flexibility index (Phi) is 13.6. The molecule has 0 aliphatic heterocycles. The van der Waals surface area contributed by atoms with Crippen LogP contribution in [0.15, 0.2) is 0 Å². The molecule has 0 spiro atoms. The normalized spacial score (nSPS) is 16.5. The topological polar surface area (TPSA) is 133 Å². The molecule has 5 atom stereocenters. The lowest BCUT2D eigenvalue weighted by molar-refractivity contribution is -0.160. The van der Waals surface area contributed by atoms with E-state index < -0.39 is 45.6 Å². The molecule has 10 heteroatoms. The lowest BCUT2D eigenvalue weighted by Crippen LogP contribution is -2.44. The van der Waals surface area contributed by atoms with Gasteiger partial charge in [-0.25, -0.2) is 0 Å². The maximum Gasteiger partial charge on any atom is 0.327 e. The smallest absolute Gasteiger partial charge is 0.327 e. The van der Waals surface area contributed by atoms with Crippen molar-refractivity contribution < 1.29 is 41.6 Å². The fraction of sp³-hybridized carbons (Fsp3) is 0.857. The van der Waals surface area contributed by atoms with Gasteiger partial charge >= 0.3 is 17.9 Å². The molecule has 0 saturated heterocycles. The van der Waals surface area contributed by atoms with Gasteiger partial charge in [0.1, 0.15) is 0 Å². The fourth-order valence-corrected chi connectivity index (χ4v) is 3.21. The minimum absolute atomic E-state index is 0.0107. The zero-order valence-electron chi connectivity index (χ0n) is 19.5. The van der Waals surface area contributed by atoms with Gasteiger partial charge in [0, 0.05) is 0 Å². The molecule has 0 amide bonds. The number of esters is 3. The summed E-state index contributed by atoms with van der Waals surface area (Å²) in [6, 6.07) is 0. The van der Waals surface area contributed by atoms with Crippen molar-refractivity contribution in [2.45, 2.75) is 72.5 Å². The van der Waals surface area contributed by atoms with Crippen LogP contribution in [0.25, 0.3) is 0 Å². The van der Waals surface area contributed by atoms with Crippen LogP contribution in [0.4, 0.5) is 0 Å². The summed E-state index contributed by atoms with van der Waals surface area (Å²) in [5.74, 6) is -5.03. The van der Waals surface area contributed by atoms with Gasteiger partial charge in [0.25, 0.3) is 10.1 Å². The third-order valence-electron chi connectivity index (χ3n) is 5.25. The molecule has 0 fully saturated rings. The number of hydrogen-bond donors (Lipinski definition) is 1. The summed E-state index contributed by atoms with van der Waals surface area (Å²) >= 11 is 0. The first kappa shape index (κ1) is 29.3. The molecule has 0 aromatic rings. The Morgan fingerprint density at radius 1 is 0.742 bits per heavy atom. The monoisotopic (exact) mass is 466 g/mol. The zero-order chi connectivity index (χ0) is 24.2. The predicted molar refractivity (Wildman–Crippen MR) is 115 cm³/mol. The van der Waals surface area contributed by atoms with E-state index in [1.54, 1.807) is 6.92 Å². The Hall–Kier alpha value is -1.68. The van der Waals surface area contributed by atoms with Gasteiger partial charge in [-0.2, -0.15) is 8.42 Å². The molecule has 1 N–H and O–H groups in total. The van der Waals surface area contributed by atoms with Crippen molar-refractivity contribution in [3.63, 3.8) is 0 Å². The van der Waals surface area contributed by atoms with Crippen LogP contribution < -0.4 is 0 Å². The highest BCUT2D eigenvalue weighted by Gasteiger charge is 2.46. The minimum Gasteiger partial charge on any atom is -0.465 e. The molecule has 0 saturated carbocycles. The molecule has 0 aromatic carbocycles. The molecule has 0 aliphatic carbocycles. The van der Waals surface area contributed by atoms with Gasteiger partial charge in [-0.3, -0.25) is 18.9 Å². The van der Waals surface area contributed by atoms with Crippen LogP contribution in [-0.4, -0.2) is 55.9 Å². The lowest BCUT2D eigenvalue weighted by atomic mass is 10.0. The molecule has 182 valence electrons. The van der Waals surface area contributed by atoms with E-state index >= 15 is 0 Å². The van der Waals surface area contributed by atoms with E-state index in [9.17, 15) is 27.4 Å². The summed E-state index contributed by atoms with van der Waals surface area (Å²) in [4.78, 5) is 37.5. The molecule has 0 aliphatic rings. The van der Waals surface area contributed by atoms with E-state index in [2.05, 4.69) is 0 Å². The highest BCUT2D eigenvalue weighted by atomic mass is 32.2. The van der Waals surface area contributed by atoms with Crippen molar-refractivity contribution in [3.05, 3.63) is 0 Å². The molecule has 9 nitrogen and oxygen atoms in total. The van der Waals surface area contributed by atoms with Crippen molar-refractivity contribution in [1.29, 1.82) is 0 Å². The molecular weight excluding hydrogens is 428 g/mol. The number of hydrogen-bond acceptors (Lipinski definition) is 8. The largest absolute Gasteiger partial charge is 0.465 e. The molecular formula is C21H38O9S. The summed E-state index contributed by atoms with van der Waals surface area (Å²) in [6.45, 7) is 11.1. The van der Waals surface area contributed by atoms with Gasteiger partial charge in [-0.1, -0.05) is 60.8 Å². The first-order chi connectivity index (χ1) is 14.4. The van der Waals surface area contributed by atoms with E-state index in [4.69, 9.17) is 14.2 Å². The fourth-order valence-electron chi connectivity index (χ4n) is 2.27. The third-order valence-corrected chi connectivity index (χ3v) is 6.41.